The molecule has 21 nitrogen and oxygen atoms in total. The van der Waals surface area contributed by atoms with Crippen molar-refractivity contribution in [2.24, 2.45) is 0 Å². The molecule has 0 bridgehead atoms. The molecule has 0 spiro atoms. The van der Waals surface area contributed by atoms with E-state index in [0.717, 1.165) is 40.0 Å². The maximum atomic E-state index is 12.3. The number of amides is 8. The van der Waals surface area contributed by atoms with Crippen LogP contribution in [0.25, 0.3) is 0 Å². The van der Waals surface area contributed by atoms with Gasteiger partial charge in [-0.1, -0.05) is 128 Å². The van der Waals surface area contributed by atoms with Crippen LogP contribution in [0.5, 0.6) is 0 Å². The molecule has 0 radical (unpaired) electrons. The number of carbonyl (C=O) groups excluding carboxylic acids is 8. The summed E-state index contributed by atoms with van der Waals surface area (Å²) in [5, 5.41) is 15.5. The number of fused-ring (bicyclic) bond motifs is 2. The van der Waals surface area contributed by atoms with Gasteiger partial charge in [-0.05, 0) is 102 Å². The maximum absolute atomic E-state index is 12.3. The van der Waals surface area contributed by atoms with Gasteiger partial charge < -0.3 is 45.3 Å². The number of rotatable bonds is 6. The SMILES string of the molecule is C=C1CCC(NC(=O)c2ccc(C(C)(C)C)cn2)C(=O)N1.C=C1CCC(NC(=O)c2cnc(C(C)(C)C)o2)C(=O)N1.C=C1N(C)c2cc(C(C)(C)C)ccc2N1C1CCC(=O)NC1=O.C=C1N(C)c2ccc(C(C)(C)C)cc2N1C1CCC(=O)NC1=O. The number of imide groups is 2. The number of allylic oxidation sites excluding steroid dienone is 2. The lowest BCUT2D eigenvalue weighted by Gasteiger charge is -2.32. The average Bonchev–Trinajstić information content (AvgIpc) is 1.74. The van der Waals surface area contributed by atoms with Crippen LogP contribution < -0.4 is 51.5 Å². The predicted octanol–water partition coefficient (Wildman–Crippen LogP) is 8.43. The summed E-state index contributed by atoms with van der Waals surface area (Å²) in [4.78, 5) is 111. The molecule has 464 valence electrons. The van der Waals surface area contributed by atoms with E-state index in [1.54, 1.807) is 12.3 Å². The number of nitrogens with zero attached hydrogens (tertiary/aromatic N) is 6. The van der Waals surface area contributed by atoms with E-state index in [1.165, 1.54) is 17.3 Å². The second-order valence-electron chi connectivity index (χ2n) is 26.8. The Labute approximate surface area is 510 Å². The van der Waals surface area contributed by atoms with E-state index in [2.05, 4.69) is 161 Å². The fourth-order valence-corrected chi connectivity index (χ4v) is 10.3. The molecule has 4 atom stereocenters. The molecule has 8 amide bonds. The first kappa shape index (κ1) is 65.7. The fraction of sp³-hybridized carbons (Fsp3) is 0.455. The predicted molar refractivity (Wildman–Crippen MR) is 336 cm³/mol. The minimum Gasteiger partial charge on any atom is -0.435 e. The molecule has 21 heteroatoms. The molecule has 4 saturated heterocycles. The lowest BCUT2D eigenvalue weighted by Crippen LogP contribution is -2.52. The molecule has 4 aromatic rings. The zero-order valence-corrected chi connectivity index (χ0v) is 52.9. The third kappa shape index (κ3) is 15.4. The molecule has 8 heterocycles. The van der Waals surface area contributed by atoms with E-state index in [4.69, 9.17) is 4.42 Å². The highest BCUT2D eigenvalue weighted by molar-refractivity contribution is 6.04. The first-order valence-corrected chi connectivity index (χ1v) is 29.4. The Hall–Kier alpha value is -8.88. The Balaban J connectivity index is 0.000000166. The summed E-state index contributed by atoms with van der Waals surface area (Å²) < 4.78 is 5.44. The van der Waals surface area contributed by atoms with Gasteiger partial charge in [0.05, 0.1) is 28.9 Å². The molecule has 4 unspecified atom stereocenters. The number of oxazole rings is 1. The number of hydrogen-bond donors (Lipinski definition) is 6. The zero-order chi connectivity index (χ0) is 64.4. The summed E-state index contributed by atoms with van der Waals surface area (Å²) in [5.41, 5.74) is 9.04. The van der Waals surface area contributed by atoms with Crippen LogP contribution in [0.4, 0.5) is 22.7 Å². The van der Waals surface area contributed by atoms with Crippen LogP contribution in [0.3, 0.4) is 0 Å². The summed E-state index contributed by atoms with van der Waals surface area (Å²) in [7, 11) is 3.91. The average molecular weight is 1190 g/mol. The topological polar surface area (TPSA) is 261 Å². The van der Waals surface area contributed by atoms with Gasteiger partial charge in [0.1, 0.15) is 41.5 Å². The van der Waals surface area contributed by atoms with Crippen LogP contribution in [0.2, 0.25) is 0 Å². The third-order valence-electron chi connectivity index (χ3n) is 15.8. The van der Waals surface area contributed by atoms with Crippen LogP contribution in [0.15, 0.2) is 115 Å². The van der Waals surface area contributed by atoms with Crippen LogP contribution >= 0.6 is 0 Å². The first-order chi connectivity index (χ1) is 40.4. The molecule has 0 saturated carbocycles. The van der Waals surface area contributed by atoms with Crippen molar-refractivity contribution in [2.45, 2.75) is 180 Å². The number of anilines is 4. The molecule has 4 fully saturated rings. The minimum atomic E-state index is -0.559. The summed E-state index contributed by atoms with van der Waals surface area (Å²) in [6, 6.07) is 14.4. The Kier molecular flexibility index (Phi) is 19.3. The maximum Gasteiger partial charge on any atom is 0.289 e. The fourth-order valence-electron chi connectivity index (χ4n) is 10.3. The number of piperidine rings is 4. The molecule has 6 N–H and O–H groups in total. The summed E-state index contributed by atoms with van der Waals surface area (Å²) in [5.74, 6) is 0.0198. The molecule has 10 rings (SSSR count). The number of aromatic nitrogens is 2. The summed E-state index contributed by atoms with van der Waals surface area (Å²) in [6.45, 7) is 40.8. The number of benzene rings is 2. The van der Waals surface area contributed by atoms with Gasteiger partial charge in [0.25, 0.3) is 11.8 Å². The van der Waals surface area contributed by atoms with Crippen molar-refractivity contribution in [3.05, 3.63) is 144 Å². The van der Waals surface area contributed by atoms with E-state index in [1.807, 2.05) is 66.6 Å². The standard InChI is InChI=1S/2C18H23N3O2.C16H21N3O2.C14H19N3O3/c1-11-20(5)15-10-12(18(2,3)4)6-7-13(15)21(11)14-8-9-16(22)19-17(14)23;1-11-20(5)13-7-6-12(18(2,3)4)10-15(13)21(11)14-8-9-16(22)19-17(14)23;1-10-5-7-13(15(21)18-10)19-14(20)12-8-6-11(9-17-12)16(2,3)4;1-8-5-6-9(11(18)16-8)17-12(19)10-7-15-13(20-10)14(2,3)4/h2*6-7,10,14H,1,8-9H2,2-5H3,(H,19,22,23);6,8-9,13H,1,5,7H2,2-4H3,(H,18,21)(H,19,20);7,9H,1,5-6H2,2-4H3,(H,16,18)(H,17,19). The van der Waals surface area contributed by atoms with Crippen LogP contribution in [-0.2, 0) is 50.4 Å². The molecule has 6 aliphatic heterocycles. The van der Waals surface area contributed by atoms with Crippen molar-refractivity contribution < 1.29 is 42.8 Å². The van der Waals surface area contributed by atoms with Gasteiger partial charge in [-0.15, -0.1) is 0 Å². The van der Waals surface area contributed by atoms with E-state index >= 15 is 0 Å². The van der Waals surface area contributed by atoms with Gasteiger partial charge in [0.15, 0.2) is 0 Å². The lowest BCUT2D eigenvalue weighted by molar-refractivity contribution is -0.135. The quantitative estimate of drug-likeness (QED) is 0.0990. The van der Waals surface area contributed by atoms with Gasteiger partial charge in [-0.3, -0.25) is 54.0 Å². The zero-order valence-electron chi connectivity index (χ0n) is 52.9. The van der Waals surface area contributed by atoms with Crippen LogP contribution in [0.1, 0.15) is 178 Å². The van der Waals surface area contributed by atoms with Crippen LogP contribution in [0, 0.1) is 0 Å². The van der Waals surface area contributed by atoms with Crippen molar-refractivity contribution in [2.75, 3.05) is 33.7 Å². The number of nitrogens with one attached hydrogen (secondary N) is 6. The van der Waals surface area contributed by atoms with Gasteiger partial charge in [-0.25, -0.2) is 4.98 Å². The normalized spacial score (nSPS) is 20.5. The second-order valence-corrected chi connectivity index (χ2v) is 26.8. The van der Waals surface area contributed by atoms with E-state index in [-0.39, 0.29) is 80.9 Å². The Bertz CT molecular complexity index is 3420. The van der Waals surface area contributed by atoms with E-state index in [0.29, 0.717) is 74.3 Å². The number of pyridine rings is 1. The molecular formula is C66H86N12O9. The largest absolute Gasteiger partial charge is 0.435 e. The highest BCUT2D eigenvalue weighted by Gasteiger charge is 2.42. The lowest BCUT2D eigenvalue weighted by atomic mass is 9.86. The van der Waals surface area contributed by atoms with Gasteiger partial charge in [0, 0.05) is 49.9 Å². The molecule has 0 aliphatic carbocycles. The van der Waals surface area contributed by atoms with Crippen molar-refractivity contribution >= 4 is 70.0 Å². The Morgan fingerprint density at radius 3 is 1.36 bits per heavy atom. The van der Waals surface area contributed by atoms with Crippen molar-refractivity contribution in [1.82, 2.24) is 41.9 Å². The minimum absolute atomic E-state index is 0.00831. The highest BCUT2D eigenvalue weighted by atomic mass is 16.4. The smallest absolute Gasteiger partial charge is 0.289 e. The van der Waals surface area contributed by atoms with Gasteiger partial charge in [0.2, 0.25) is 47.1 Å². The van der Waals surface area contributed by atoms with Crippen molar-refractivity contribution in [3.8, 4) is 0 Å². The molecular weight excluding hydrogens is 1100 g/mol. The van der Waals surface area contributed by atoms with E-state index < -0.39 is 18.0 Å². The van der Waals surface area contributed by atoms with Crippen molar-refractivity contribution in [1.29, 1.82) is 0 Å². The highest BCUT2D eigenvalue weighted by Crippen LogP contribution is 2.46. The van der Waals surface area contributed by atoms with Gasteiger partial charge in [-0.2, -0.15) is 0 Å². The van der Waals surface area contributed by atoms with Crippen LogP contribution in [-0.4, -0.2) is 95.5 Å². The molecule has 2 aromatic heterocycles. The van der Waals surface area contributed by atoms with E-state index in [9.17, 15) is 38.4 Å². The Morgan fingerprint density at radius 2 is 0.931 bits per heavy atom. The van der Waals surface area contributed by atoms with Crippen molar-refractivity contribution in [3.63, 3.8) is 0 Å². The number of hydrogen-bond acceptors (Lipinski definition) is 15. The second kappa shape index (κ2) is 25.6. The molecule has 87 heavy (non-hydrogen) atoms. The summed E-state index contributed by atoms with van der Waals surface area (Å²) in [6.07, 6.45) is 7.26. The first-order valence-electron chi connectivity index (χ1n) is 29.4. The summed E-state index contributed by atoms with van der Waals surface area (Å²) >= 11 is 0. The molecule has 2 aromatic carbocycles. The third-order valence-corrected chi connectivity index (χ3v) is 15.8. The number of carbonyl (C=O) groups is 8. The Morgan fingerprint density at radius 1 is 0.494 bits per heavy atom. The monoisotopic (exact) mass is 1190 g/mol. The molecule has 6 aliphatic rings. The van der Waals surface area contributed by atoms with Gasteiger partial charge >= 0.3 is 0 Å².